The molecule has 2 rings (SSSR count). The van der Waals surface area contributed by atoms with E-state index in [2.05, 4.69) is 26.1 Å². The van der Waals surface area contributed by atoms with Crippen molar-refractivity contribution in [1.82, 2.24) is 4.98 Å². The first-order valence-electron chi connectivity index (χ1n) is 5.04. The van der Waals surface area contributed by atoms with Crippen molar-refractivity contribution in [3.63, 3.8) is 0 Å². The number of aliphatic hydroxyl groups is 1. The number of halogens is 1. The molecule has 0 saturated carbocycles. The van der Waals surface area contributed by atoms with Gasteiger partial charge in [-0.2, -0.15) is 0 Å². The van der Waals surface area contributed by atoms with Gasteiger partial charge in [-0.25, -0.2) is 0 Å². The Bertz CT molecular complexity index is 409. The minimum Gasteiger partial charge on any atom is -0.389 e. The predicted octanol–water partition coefficient (Wildman–Crippen LogP) is 2.11. The lowest BCUT2D eigenvalue weighted by Gasteiger charge is -2.22. The molecule has 1 aliphatic heterocycles. The third-order valence-corrected chi connectivity index (χ3v) is 2.95. The zero-order valence-corrected chi connectivity index (χ0v) is 10.7. The first-order chi connectivity index (χ1) is 7.47. The summed E-state index contributed by atoms with van der Waals surface area (Å²) in [5, 5.41) is 13.8. The lowest BCUT2D eigenvalue weighted by atomic mass is 9.96. The van der Waals surface area contributed by atoms with E-state index >= 15 is 0 Å². The highest BCUT2D eigenvalue weighted by molar-refractivity contribution is 9.10. The molecule has 0 radical (unpaired) electrons. The van der Waals surface area contributed by atoms with Gasteiger partial charge in [-0.15, -0.1) is 0 Å². The van der Waals surface area contributed by atoms with Crippen LogP contribution in [0.3, 0.4) is 0 Å². The van der Waals surface area contributed by atoms with Crippen LogP contribution in [0.25, 0.3) is 0 Å². The molecule has 0 bridgehead atoms. The van der Waals surface area contributed by atoms with E-state index in [-0.39, 0.29) is 6.10 Å². The fraction of sp³-hybridized carbons (Fsp3) is 0.455. The van der Waals surface area contributed by atoms with Crippen molar-refractivity contribution in [1.29, 1.82) is 0 Å². The highest BCUT2D eigenvalue weighted by Gasteiger charge is 2.35. The van der Waals surface area contributed by atoms with Gasteiger partial charge in [0.05, 0.1) is 11.3 Å². The second kappa shape index (κ2) is 4.14. The highest BCUT2D eigenvalue weighted by atomic mass is 79.9. The summed E-state index contributed by atoms with van der Waals surface area (Å²) in [4.78, 5) is 9.44. The Kier molecular flexibility index (Phi) is 2.99. The average Bonchev–Trinajstić information content (AvgIpc) is 2.67. The second-order valence-corrected chi connectivity index (χ2v) is 5.27. The molecule has 1 aromatic rings. The lowest BCUT2D eigenvalue weighted by Crippen LogP contribution is -2.36. The molecule has 4 nitrogen and oxygen atoms in total. The molecule has 1 aromatic heterocycles. The maximum atomic E-state index is 9.80. The number of pyridine rings is 1. The van der Waals surface area contributed by atoms with Crippen LogP contribution in [0.1, 0.15) is 26.0 Å². The van der Waals surface area contributed by atoms with Crippen molar-refractivity contribution in [2.75, 3.05) is 0 Å². The molecule has 16 heavy (non-hydrogen) atoms. The summed E-state index contributed by atoms with van der Waals surface area (Å²) in [5.74, 6) is 0. The van der Waals surface area contributed by atoms with Crippen LogP contribution < -0.4 is 0 Å². The number of hydrogen-bond donors (Lipinski definition) is 1. The molecule has 2 heterocycles. The van der Waals surface area contributed by atoms with Crippen molar-refractivity contribution in [3.8, 4) is 0 Å². The van der Waals surface area contributed by atoms with Crippen LogP contribution in [-0.4, -0.2) is 27.5 Å². The minimum atomic E-state index is -0.888. The number of hydrogen-bond acceptors (Lipinski definition) is 4. The topological polar surface area (TPSA) is 54.7 Å². The zero-order valence-electron chi connectivity index (χ0n) is 9.14. The van der Waals surface area contributed by atoms with Gasteiger partial charge < -0.3 is 9.94 Å². The van der Waals surface area contributed by atoms with Crippen molar-refractivity contribution in [3.05, 3.63) is 28.5 Å². The normalized spacial score (nSPS) is 20.5. The van der Waals surface area contributed by atoms with Gasteiger partial charge in [-0.3, -0.25) is 4.98 Å². The van der Waals surface area contributed by atoms with E-state index in [1.165, 1.54) is 0 Å². The first-order valence-corrected chi connectivity index (χ1v) is 5.83. The molecule has 1 atom stereocenters. The Hall–Kier alpha value is -0.940. The third kappa shape index (κ3) is 2.41. The van der Waals surface area contributed by atoms with Crippen LogP contribution in [0.5, 0.6) is 0 Å². The SMILES string of the molecule is CC(C)(O)C1CC(c2ccc(Br)cn2)=NO1. The summed E-state index contributed by atoms with van der Waals surface area (Å²) in [5.41, 5.74) is 0.676. The summed E-state index contributed by atoms with van der Waals surface area (Å²) in [6.07, 6.45) is 2.00. The summed E-state index contributed by atoms with van der Waals surface area (Å²) in [7, 11) is 0. The first kappa shape index (κ1) is 11.5. The van der Waals surface area contributed by atoms with Gasteiger partial charge in [0.1, 0.15) is 5.71 Å². The van der Waals surface area contributed by atoms with Gasteiger partial charge in [-0.05, 0) is 41.9 Å². The molecular weight excluding hydrogens is 272 g/mol. The summed E-state index contributed by atoms with van der Waals surface area (Å²) in [6, 6.07) is 3.78. The Balaban J connectivity index is 2.12. The Labute approximate surface area is 102 Å². The van der Waals surface area contributed by atoms with E-state index in [1.54, 1.807) is 20.0 Å². The second-order valence-electron chi connectivity index (χ2n) is 4.35. The van der Waals surface area contributed by atoms with Crippen LogP contribution in [0.4, 0.5) is 0 Å². The van der Waals surface area contributed by atoms with Crippen molar-refractivity contribution >= 4 is 21.6 Å². The number of aromatic nitrogens is 1. The molecule has 0 aromatic carbocycles. The Morgan fingerprint density at radius 1 is 1.50 bits per heavy atom. The van der Waals surface area contributed by atoms with E-state index in [1.807, 2.05) is 12.1 Å². The van der Waals surface area contributed by atoms with Crippen molar-refractivity contribution in [2.45, 2.75) is 32.0 Å². The zero-order chi connectivity index (χ0) is 11.8. The van der Waals surface area contributed by atoms with Crippen LogP contribution in [0.15, 0.2) is 28.0 Å². The van der Waals surface area contributed by atoms with Gasteiger partial charge in [-0.1, -0.05) is 5.16 Å². The van der Waals surface area contributed by atoms with Crippen molar-refractivity contribution in [2.24, 2.45) is 5.16 Å². The Morgan fingerprint density at radius 3 is 2.75 bits per heavy atom. The Morgan fingerprint density at radius 2 is 2.25 bits per heavy atom. The molecule has 0 saturated heterocycles. The highest BCUT2D eigenvalue weighted by Crippen LogP contribution is 2.24. The van der Waals surface area contributed by atoms with E-state index in [0.717, 1.165) is 15.9 Å². The average molecular weight is 285 g/mol. The van der Waals surface area contributed by atoms with Crippen molar-refractivity contribution < 1.29 is 9.94 Å². The van der Waals surface area contributed by atoms with Gasteiger partial charge in [0.25, 0.3) is 0 Å². The van der Waals surface area contributed by atoms with Crippen LogP contribution >= 0.6 is 15.9 Å². The molecule has 0 spiro atoms. The van der Waals surface area contributed by atoms with Gasteiger partial charge in [0.2, 0.25) is 0 Å². The van der Waals surface area contributed by atoms with Crippen LogP contribution in [-0.2, 0) is 4.84 Å². The maximum absolute atomic E-state index is 9.80. The summed E-state index contributed by atoms with van der Waals surface area (Å²) in [6.45, 7) is 3.43. The largest absolute Gasteiger partial charge is 0.389 e. The maximum Gasteiger partial charge on any atom is 0.161 e. The molecule has 1 N–H and O–H groups in total. The molecule has 0 fully saturated rings. The smallest absolute Gasteiger partial charge is 0.161 e. The lowest BCUT2D eigenvalue weighted by molar-refractivity contribution is -0.0719. The predicted molar refractivity (Wildman–Crippen MR) is 64.3 cm³/mol. The van der Waals surface area contributed by atoms with E-state index in [9.17, 15) is 5.11 Å². The van der Waals surface area contributed by atoms with E-state index in [4.69, 9.17) is 4.84 Å². The van der Waals surface area contributed by atoms with Crippen LogP contribution in [0.2, 0.25) is 0 Å². The van der Waals surface area contributed by atoms with Gasteiger partial charge >= 0.3 is 0 Å². The van der Waals surface area contributed by atoms with E-state index < -0.39 is 5.60 Å². The quantitative estimate of drug-likeness (QED) is 0.905. The number of nitrogens with zero attached hydrogens (tertiary/aromatic N) is 2. The summed E-state index contributed by atoms with van der Waals surface area (Å²) < 4.78 is 0.926. The van der Waals surface area contributed by atoms with Gasteiger partial charge in [0.15, 0.2) is 6.10 Å². The monoisotopic (exact) mass is 284 g/mol. The fourth-order valence-electron chi connectivity index (χ4n) is 1.45. The molecule has 0 amide bonds. The molecule has 86 valence electrons. The van der Waals surface area contributed by atoms with Crippen LogP contribution in [0, 0.1) is 0 Å². The summed E-state index contributed by atoms with van der Waals surface area (Å²) >= 11 is 3.32. The third-order valence-electron chi connectivity index (χ3n) is 2.48. The number of oxime groups is 1. The molecule has 0 aliphatic carbocycles. The molecule has 1 aliphatic rings. The van der Waals surface area contributed by atoms with Gasteiger partial charge in [0, 0.05) is 17.1 Å². The minimum absolute atomic E-state index is 0.298. The molecule has 5 heteroatoms. The standard InChI is InChI=1S/C11H13BrN2O2/c1-11(2,15)10-5-9(14-16-10)8-4-3-7(12)6-13-8/h3-4,6,10,15H,5H2,1-2H3. The van der Waals surface area contributed by atoms with E-state index in [0.29, 0.717) is 6.42 Å². The fourth-order valence-corrected chi connectivity index (χ4v) is 1.69. The molecule has 1 unspecified atom stereocenters. The number of rotatable bonds is 2. The molecular formula is C11H13BrN2O2.